The predicted molar refractivity (Wildman–Crippen MR) is 67.7 cm³/mol. The fourth-order valence-electron chi connectivity index (χ4n) is 1.45. The quantitative estimate of drug-likeness (QED) is 0.827. The summed E-state index contributed by atoms with van der Waals surface area (Å²) in [6, 6.07) is 5.73. The molecule has 6 heteroatoms. The van der Waals surface area contributed by atoms with E-state index in [1.807, 2.05) is 11.4 Å². The van der Waals surface area contributed by atoms with E-state index in [9.17, 15) is 4.79 Å². The molecule has 0 aliphatic rings. The van der Waals surface area contributed by atoms with Gasteiger partial charge >= 0.3 is 0 Å². The van der Waals surface area contributed by atoms with Crippen molar-refractivity contribution in [1.29, 1.82) is 0 Å². The number of thiophene rings is 1. The van der Waals surface area contributed by atoms with E-state index in [0.717, 1.165) is 6.42 Å². The SMILES string of the molecule is Nc1ccn(CC(=O)NCCc2cccs2)n1. The topological polar surface area (TPSA) is 72.9 Å². The largest absolute Gasteiger partial charge is 0.382 e. The molecular weight excluding hydrogens is 236 g/mol. The van der Waals surface area contributed by atoms with Gasteiger partial charge in [0.1, 0.15) is 12.4 Å². The number of hydrogen-bond donors (Lipinski definition) is 2. The van der Waals surface area contributed by atoms with E-state index in [1.54, 1.807) is 23.6 Å². The van der Waals surface area contributed by atoms with Crippen molar-refractivity contribution in [1.82, 2.24) is 15.1 Å². The normalized spacial score (nSPS) is 10.4. The van der Waals surface area contributed by atoms with Crippen LogP contribution in [0.15, 0.2) is 29.8 Å². The lowest BCUT2D eigenvalue weighted by Crippen LogP contribution is -2.29. The first-order valence-corrected chi connectivity index (χ1v) is 6.20. The highest BCUT2D eigenvalue weighted by Gasteiger charge is 2.03. The summed E-state index contributed by atoms with van der Waals surface area (Å²) in [5, 5.41) is 8.82. The Kier molecular flexibility index (Phi) is 3.77. The number of nitrogens with zero attached hydrogens (tertiary/aromatic N) is 2. The van der Waals surface area contributed by atoms with Crippen LogP contribution in [0.25, 0.3) is 0 Å². The minimum absolute atomic E-state index is 0.0512. The molecule has 3 N–H and O–H groups in total. The molecular formula is C11H14N4OS. The summed E-state index contributed by atoms with van der Waals surface area (Å²) in [5.41, 5.74) is 5.46. The van der Waals surface area contributed by atoms with Gasteiger partial charge in [-0.15, -0.1) is 11.3 Å². The molecule has 1 amide bonds. The fourth-order valence-corrected chi connectivity index (χ4v) is 2.16. The molecule has 0 bridgehead atoms. The molecule has 2 rings (SSSR count). The van der Waals surface area contributed by atoms with Crippen LogP contribution in [0, 0.1) is 0 Å². The lowest BCUT2D eigenvalue weighted by Gasteiger charge is -2.04. The molecule has 5 nitrogen and oxygen atoms in total. The van der Waals surface area contributed by atoms with Crippen molar-refractivity contribution < 1.29 is 4.79 Å². The molecule has 2 heterocycles. The van der Waals surface area contributed by atoms with Gasteiger partial charge in [-0.25, -0.2) is 0 Å². The lowest BCUT2D eigenvalue weighted by atomic mass is 10.3. The molecule has 17 heavy (non-hydrogen) atoms. The molecule has 0 aliphatic carbocycles. The van der Waals surface area contributed by atoms with Crippen molar-refractivity contribution >= 4 is 23.1 Å². The zero-order valence-electron chi connectivity index (χ0n) is 9.30. The number of nitrogen functional groups attached to an aromatic ring is 1. The van der Waals surface area contributed by atoms with Crippen molar-refractivity contribution in [2.24, 2.45) is 0 Å². The summed E-state index contributed by atoms with van der Waals surface area (Å²) in [6.45, 7) is 0.859. The molecule has 90 valence electrons. The van der Waals surface area contributed by atoms with E-state index in [-0.39, 0.29) is 12.5 Å². The van der Waals surface area contributed by atoms with Crippen LogP contribution in [0.3, 0.4) is 0 Å². The monoisotopic (exact) mass is 250 g/mol. The summed E-state index contributed by atoms with van der Waals surface area (Å²) in [4.78, 5) is 12.8. The molecule has 2 aromatic heterocycles. The number of carbonyl (C=O) groups is 1. The molecule has 0 atom stereocenters. The van der Waals surface area contributed by atoms with Gasteiger partial charge in [-0.1, -0.05) is 6.07 Å². The summed E-state index contributed by atoms with van der Waals surface area (Å²) in [7, 11) is 0. The van der Waals surface area contributed by atoms with Crippen LogP contribution in [0.2, 0.25) is 0 Å². The van der Waals surface area contributed by atoms with E-state index >= 15 is 0 Å². The van der Waals surface area contributed by atoms with Gasteiger partial charge in [-0.2, -0.15) is 5.10 Å². The van der Waals surface area contributed by atoms with Gasteiger partial charge in [0.15, 0.2) is 0 Å². The van der Waals surface area contributed by atoms with E-state index < -0.39 is 0 Å². The van der Waals surface area contributed by atoms with Crippen molar-refractivity contribution in [3.8, 4) is 0 Å². The Hall–Kier alpha value is -1.82. The lowest BCUT2D eigenvalue weighted by molar-refractivity contribution is -0.121. The maximum absolute atomic E-state index is 11.5. The molecule has 0 spiro atoms. The minimum Gasteiger partial charge on any atom is -0.382 e. The van der Waals surface area contributed by atoms with Crippen LogP contribution >= 0.6 is 11.3 Å². The van der Waals surface area contributed by atoms with E-state index in [1.165, 1.54) is 9.56 Å². The van der Waals surface area contributed by atoms with Crippen LogP contribution in [0.5, 0.6) is 0 Å². The molecule has 0 fully saturated rings. The number of rotatable bonds is 5. The molecule has 0 saturated heterocycles. The van der Waals surface area contributed by atoms with E-state index in [4.69, 9.17) is 5.73 Å². The molecule has 0 saturated carbocycles. The van der Waals surface area contributed by atoms with Gasteiger partial charge in [-0.05, 0) is 23.9 Å². The third-order valence-electron chi connectivity index (χ3n) is 2.24. The molecule has 0 aliphatic heterocycles. The zero-order chi connectivity index (χ0) is 12.1. The summed E-state index contributed by atoms with van der Waals surface area (Å²) in [6.07, 6.45) is 2.55. The third kappa shape index (κ3) is 3.60. The van der Waals surface area contributed by atoms with Gasteiger partial charge in [0.2, 0.25) is 5.91 Å². The van der Waals surface area contributed by atoms with Crippen LogP contribution < -0.4 is 11.1 Å². The highest BCUT2D eigenvalue weighted by atomic mass is 32.1. The Balaban J connectivity index is 1.71. The molecule has 2 aromatic rings. The highest BCUT2D eigenvalue weighted by molar-refractivity contribution is 7.09. The molecule has 0 unspecified atom stereocenters. The fraction of sp³-hybridized carbons (Fsp3) is 0.273. The average Bonchev–Trinajstić information content (AvgIpc) is 2.90. The van der Waals surface area contributed by atoms with Gasteiger partial charge in [-0.3, -0.25) is 9.48 Å². The second-order valence-corrected chi connectivity index (χ2v) is 4.65. The number of amides is 1. The van der Waals surface area contributed by atoms with Crippen molar-refractivity contribution in [3.63, 3.8) is 0 Å². The third-order valence-corrected chi connectivity index (χ3v) is 3.18. The van der Waals surface area contributed by atoms with Gasteiger partial charge in [0.05, 0.1) is 0 Å². The van der Waals surface area contributed by atoms with E-state index in [2.05, 4.69) is 16.5 Å². The first-order chi connectivity index (χ1) is 8.24. The number of nitrogens with two attached hydrogens (primary N) is 1. The Bertz CT molecular complexity index is 477. The Morgan fingerprint density at radius 2 is 2.41 bits per heavy atom. The van der Waals surface area contributed by atoms with Crippen LogP contribution in [-0.2, 0) is 17.8 Å². The van der Waals surface area contributed by atoms with E-state index in [0.29, 0.717) is 12.4 Å². The first-order valence-electron chi connectivity index (χ1n) is 5.32. The number of nitrogens with one attached hydrogen (secondary N) is 1. The summed E-state index contributed by atoms with van der Waals surface area (Å²) in [5.74, 6) is 0.376. The van der Waals surface area contributed by atoms with Crippen molar-refractivity contribution in [2.75, 3.05) is 12.3 Å². The maximum Gasteiger partial charge on any atom is 0.241 e. The predicted octanol–water partition coefficient (Wildman–Crippen LogP) is 0.886. The Morgan fingerprint density at radius 1 is 1.53 bits per heavy atom. The zero-order valence-corrected chi connectivity index (χ0v) is 10.1. The molecule has 0 aromatic carbocycles. The number of anilines is 1. The standard InChI is InChI=1S/C11H14N4OS/c12-10-4-6-15(14-10)8-11(16)13-5-3-9-2-1-7-17-9/h1-2,4,6-7H,3,5,8H2,(H2,12,14)(H,13,16). The molecule has 0 radical (unpaired) electrons. The maximum atomic E-state index is 11.5. The first kappa shape index (κ1) is 11.7. The summed E-state index contributed by atoms with van der Waals surface area (Å²) >= 11 is 1.70. The van der Waals surface area contributed by atoms with Crippen molar-refractivity contribution in [2.45, 2.75) is 13.0 Å². The number of aromatic nitrogens is 2. The minimum atomic E-state index is -0.0512. The average molecular weight is 250 g/mol. The summed E-state index contributed by atoms with van der Waals surface area (Å²) < 4.78 is 1.52. The Morgan fingerprint density at radius 3 is 3.06 bits per heavy atom. The van der Waals surface area contributed by atoms with Crippen LogP contribution in [0.1, 0.15) is 4.88 Å². The highest BCUT2D eigenvalue weighted by Crippen LogP contribution is 2.07. The number of carbonyl (C=O) groups excluding carboxylic acids is 1. The van der Waals surface area contributed by atoms with Crippen LogP contribution in [0.4, 0.5) is 5.82 Å². The number of hydrogen-bond acceptors (Lipinski definition) is 4. The van der Waals surface area contributed by atoms with Gasteiger partial charge in [0.25, 0.3) is 0 Å². The van der Waals surface area contributed by atoms with Gasteiger partial charge in [0, 0.05) is 17.6 Å². The van der Waals surface area contributed by atoms with Crippen LogP contribution in [-0.4, -0.2) is 22.2 Å². The van der Waals surface area contributed by atoms with Crippen molar-refractivity contribution in [3.05, 3.63) is 34.7 Å². The second kappa shape index (κ2) is 5.49. The Labute approximate surface area is 103 Å². The second-order valence-electron chi connectivity index (χ2n) is 3.62. The smallest absolute Gasteiger partial charge is 0.241 e. The van der Waals surface area contributed by atoms with Gasteiger partial charge < -0.3 is 11.1 Å².